The van der Waals surface area contributed by atoms with E-state index in [2.05, 4.69) is 51.5 Å². The van der Waals surface area contributed by atoms with Crippen molar-refractivity contribution in [3.8, 4) is 0 Å². The van der Waals surface area contributed by atoms with Gasteiger partial charge in [0.05, 0.1) is 49.6 Å². The molecule has 0 atom stereocenters. The number of benzene rings is 2. The number of non-ortho nitro benzene ring substituents is 1. The van der Waals surface area contributed by atoms with Crippen LogP contribution in [0.4, 0.5) is 11.4 Å². The van der Waals surface area contributed by atoms with Crippen LogP contribution in [0.15, 0.2) is 52.2 Å². The van der Waals surface area contributed by atoms with Gasteiger partial charge in [0.1, 0.15) is 5.52 Å². The zero-order valence-electron chi connectivity index (χ0n) is 17.3. The van der Waals surface area contributed by atoms with Gasteiger partial charge >= 0.3 is 0 Å². The highest BCUT2D eigenvalue weighted by atomic mass is 79.9. The van der Waals surface area contributed by atoms with Crippen LogP contribution < -0.4 is 10.6 Å². The van der Waals surface area contributed by atoms with Crippen molar-refractivity contribution in [1.29, 1.82) is 0 Å². The first kappa shape index (κ1) is 21.5. The van der Waals surface area contributed by atoms with E-state index in [9.17, 15) is 10.1 Å². The summed E-state index contributed by atoms with van der Waals surface area (Å²) in [5.41, 5.74) is 5.64. The van der Waals surface area contributed by atoms with Crippen LogP contribution in [0.2, 0.25) is 0 Å². The second-order valence-electron chi connectivity index (χ2n) is 7.03. The minimum absolute atomic E-state index is 0.0376. The number of nitro groups is 1. The van der Waals surface area contributed by atoms with Crippen molar-refractivity contribution in [3.63, 3.8) is 0 Å². The SMILES string of the molecule is Cc1cnc2c(Br)c(NC3=NCCN3)ccc2n1.Cc1cnc2cc([N+](=O)[O-])ccc2n1. The molecule has 5 rings (SSSR count). The molecule has 32 heavy (non-hydrogen) atoms. The molecule has 2 aromatic carbocycles. The average molecular weight is 495 g/mol. The number of aliphatic imine (C=N–C) groups is 1. The third-order valence-electron chi connectivity index (χ3n) is 4.56. The van der Waals surface area contributed by atoms with Gasteiger partial charge in [0.15, 0.2) is 5.96 Å². The monoisotopic (exact) mass is 494 g/mol. The molecular formula is C21H19BrN8O2. The number of hydrogen-bond donors (Lipinski definition) is 2. The van der Waals surface area contributed by atoms with Gasteiger partial charge < -0.3 is 10.6 Å². The summed E-state index contributed by atoms with van der Waals surface area (Å²) < 4.78 is 0.906. The Hall–Kier alpha value is -3.73. The Bertz CT molecular complexity index is 1360. The summed E-state index contributed by atoms with van der Waals surface area (Å²) in [6.45, 7) is 5.45. The third kappa shape index (κ3) is 4.78. The fourth-order valence-corrected chi connectivity index (χ4v) is 3.59. The number of fused-ring (bicyclic) bond motifs is 2. The fraction of sp³-hybridized carbons (Fsp3) is 0.190. The van der Waals surface area contributed by atoms with Crippen molar-refractivity contribution in [2.24, 2.45) is 4.99 Å². The van der Waals surface area contributed by atoms with E-state index >= 15 is 0 Å². The zero-order chi connectivity index (χ0) is 22.7. The van der Waals surface area contributed by atoms with E-state index < -0.39 is 4.92 Å². The molecule has 0 saturated heterocycles. The molecule has 3 heterocycles. The van der Waals surface area contributed by atoms with E-state index in [0.717, 1.165) is 51.6 Å². The largest absolute Gasteiger partial charge is 0.354 e. The van der Waals surface area contributed by atoms with E-state index in [1.807, 2.05) is 26.0 Å². The van der Waals surface area contributed by atoms with Gasteiger partial charge in [-0.15, -0.1) is 0 Å². The minimum Gasteiger partial charge on any atom is -0.354 e. The first-order valence-electron chi connectivity index (χ1n) is 9.76. The molecule has 2 aromatic heterocycles. The van der Waals surface area contributed by atoms with Gasteiger partial charge in [-0.3, -0.25) is 25.1 Å². The summed E-state index contributed by atoms with van der Waals surface area (Å²) in [5, 5.41) is 16.9. The molecule has 1 aliphatic heterocycles. The minimum atomic E-state index is -0.443. The van der Waals surface area contributed by atoms with E-state index in [0.29, 0.717) is 11.0 Å². The Kier molecular flexibility index (Phi) is 6.17. The maximum Gasteiger partial charge on any atom is 0.271 e. The molecular weight excluding hydrogens is 476 g/mol. The van der Waals surface area contributed by atoms with Crippen LogP contribution in [0.3, 0.4) is 0 Å². The summed E-state index contributed by atoms with van der Waals surface area (Å²) in [6.07, 6.45) is 3.36. The third-order valence-corrected chi connectivity index (χ3v) is 5.36. The normalized spacial score (nSPS) is 12.7. The highest BCUT2D eigenvalue weighted by molar-refractivity contribution is 9.10. The fourth-order valence-electron chi connectivity index (χ4n) is 3.06. The molecule has 0 aliphatic carbocycles. The molecule has 0 unspecified atom stereocenters. The number of nitro benzene ring substituents is 1. The number of halogens is 1. The molecule has 162 valence electrons. The van der Waals surface area contributed by atoms with Crippen LogP contribution in [0, 0.1) is 24.0 Å². The molecule has 1 aliphatic rings. The first-order chi connectivity index (χ1) is 15.4. The Morgan fingerprint density at radius 3 is 2.47 bits per heavy atom. The zero-order valence-corrected chi connectivity index (χ0v) is 18.9. The standard InChI is InChI=1S/C12H12BrN5.C9H7N3O2/c1-7-6-16-11-9(17-7)3-2-8(10(11)13)18-12-14-4-5-15-12;1-6-5-10-9-4-7(12(13)14)2-3-8(9)11-6/h2-3,6H,4-5H2,1H3,(H2,14,15,18);2-5H,1H3. The number of guanidine groups is 1. The smallest absolute Gasteiger partial charge is 0.271 e. The van der Waals surface area contributed by atoms with Crippen LogP contribution in [0.1, 0.15) is 11.4 Å². The number of rotatable bonds is 2. The lowest BCUT2D eigenvalue weighted by molar-refractivity contribution is -0.384. The Labute approximate surface area is 191 Å². The number of hydrogen-bond acceptors (Lipinski definition) is 9. The van der Waals surface area contributed by atoms with Gasteiger partial charge in [-0.05, 0) is 48.0 Å². The van der Waals surface area contributed by atoms with Gasteiger partial charge in [-0.1, -0.05) is 0 Å². The molecule has 0 fully saturated rings. The van der Waals surface area contributed by atoms with Gasteiger partial charge in [0.2, 0.25) is 0 Å². The number of aryl methyl sites for hydroxylation is 2. The summed E-state index contributed by atoms with van der Waals surface area (Å²) >= 11 is 3.57. The van der Waals surface area contributed by atoms with E-state index in [-0.39, 0.29) is 5.69 Å². The van der Waals surface area contributed by atoms with Crippen LogP contribution in [-0.4, -0.2) is 43.9 Å². The van der Waals surface area contributed by atoms with E-state index in [1.165, 1.54) is 12.1 Å². The van der Waals surface area contributed by atoms with Gasteiger partial charge in [0, 0.05) is 31.1 Å². The van der Waals surface area contributed by atoms with Crippen LogP contribution in [0.25, 0.3) is 22.1 Å². The molecule has 4 aromatic rings. The first-order valence-corrected chi connectivity index (χ1v) is 10.5. The lowest BCUT2D eigenvalue weighted by Gasteiger charge is -2.10. The topological polar surface area (TPSA) is 131 Å². The molecule has 10 nitrogen and oxygen atoms in total. The summed E-state index contributed by atoms with van der Waals surface area (Å²) in [4.78, 5) is 31.4. The molecule has 0 spiro atoms. The van der Waals surface area contributed by atoms with Crippen LogP contribution in [0.5, 0.6) is 0 Å². The summed E-state index contributed by atoms with van der Waals surface area (Å²) in [5.74, 6) is 0.801. The average Bonchev–Trinajstić information content (AvgIpc) is 3.29. The molecule has 0 bridgehead atoms. The molecule has 2 N–H and O–H groups in total. The van der Waals surface area contributed by atoms with Crippen molar-refractivity contribution in [2.75, 3.05) is 18.4 Å². The van der Waals surface area contributed by atoms with Gasteiger partial charge in [-0.2, -0.15) is 0 Å². The number of anilines is 1. The highest BCUT2D eigenvalue weighted by Crippen LogP contribution is 2.29. The maximum absolute atomic E-state index is 10.5. The molecule has 0 radical (unpaired) electrons. The number of nitrogens with zero attached hydrogens (tertiary/aromatic N) is 6. The van der Waals surface area contributed by atoms with Crippen molar-refractivity contribution < 1.29 is 4.92 Å². The Balaban J connectivity index is 0.000000158. The van der Waals surface area contributed by atoms with E-state index in [4.69, 9.17) is 0 Å². The Morgan fingerprint density at radius 2 is 1.75 bits per heavy atom. The van der Waals surface area contributed by atoms with Crippen LogP contribution in [-0.2, 0) is 0 Å². The molecule has 0 amide bonds. The Morgan fingerprint density at radius 1 is 1.03 bits per heavy atom. The molecule has 0 saturated carbocycles. The van der Waals surface area contributed by atoms with Gasteiger partial charge in [-0.25, -0.2) is 9.97 Å². The summed E-state index contributed by atoms with van der Waals surface area (Å²) in [6, 6.07) is 8.38. The van der Waals surface area contributed by atoms with E-state index in [1.54, 1.807) is 18.5 Å². The maximum atomic E-state index is 10.5. The molecule has 11 heteroatoms. The second-order valence-corrected chi connectivity index (χ2v) is 7.82. The second kappa shape index (κ2) is 9.18. The lowest BCUT2D eigenvalue weighted by atomic mass is 10.2. The quantitative estimate of drug-likeness (QED) is 0.316. The van der Waals surface area contributed by atoms with Crippen molar-refractivity contribution >= 4 is 55.3 Å². The number of nitrogens with one attached hydrogen (secondary N) is 2. The highest BCUT2D eigenvalue weighted by Gasteiger charge is 2.11. The summed E-state index contributed by atoms with van der Waals surface area (Å²) in [7, 11) is 0. The van der Waals surface area contributed by atoms with Gasteiger partial charge in [0.25, 0.3) is 5.69 Å². The lowest BCUT2D eigenvalue weighted by Crippen LogP contribution is -2.26. The number of aromatic nitrogens is 4. The van der Waals surface area contributed by atoms with Crippen molar-refractivity contribution in [2.45, 2.75) is 13.8 Å². The van der Waals surface area contributed by atoms with Crippen molar-refractivity contribution in [1.82, 2.24) is 25.3 Å². The van der Waals surface area contributed by atoms with Crippen LogP contribution >= 0.6 is 15.9 Å². The van der Waals surface area contributed by atoms with Crippen molar-refractivity contribution in [3.05, 3.63) is 68.7 Å². The predicted molar refractivity (Wildman–Crippen MR) is 127 cm³/mol. The predicted octanol–water partition coefficient (Wildman–Crippen LogP) is 3.92.